The first kappa shape index (κ1) is 15.8. The van der Waals surface area contributed by atoms with E-state index in [2.05, 4.69) is 22.5 Å². The summed E-state index contributed by atoms with van der Waals surface area (Å²) in [5.41, 5.74) is -0.253. The molecule has 1 aliphatic heterocycles. The molecule has 0 saturated carbocycles. The van der Waals surface area contributed by atoms with E-state index in [0.29, 0.717) is 12.0 Å². The van der Waals surface area contributed by atoms with Gasteiger partial charge in [0.1, 0.15) is 5.82 Å². The van der Waals surface area contributed by atoms with Crippen LogP contribution < -0.4 is 10.6 Å². The number of hydrogen-bond acceptors (Lipinski definition) is 5. The predicted molar refractivity (Wildman–Crippen MR) is 82.2 cm³/mol. The van der Waals surface area contributed by atoms with Gasteiger partial charge >= 0.3 is 0 Å². The van der Waals surface area contributed by atoms with E-state index >= 15 is 0 Å². The second kappa shape index (κ2) is 6.01. The minimum absolute atomic E-state index is 0.00466. The lowest BCUT2D eigenvalue weighted by Gasteiger charge is -2.23. The molecule has 2 heterocycles. The van der Waals surface area contributed by atoms with Crippen molar-refractivity contribution < 1.29 is 13.2 Å². The van der Waals surface area contributed by atoms with E-state index < -0.39 is 15.4 Å². The van der Waals surface area contributed by atoms with Gasteiger partial charge in [-0.1, -0.05) is 6.92 Å². The largest absolute Gasteiger partial charge is 0.370 e. The highest BCUT2D eigenvalue weighted by Gasteiger charge is 2.39. The van der Waals surface area contributed by atoms with Crippen LogP contribution in [0.1, 0.15) is 37.0 Å². The smallest absolute Gasteiger partial charge is 0.253 e. The quantitative estimate of drug-likeness (QED) is 0.853. The Labute approximate surface area is 125 Å². The number of carbonyl (C=O) groups is 1. The average molecular weight is 311 g/mol. The van der Waals surface area contributed by atoms with Crippen molar-refractivity contribution in [3.8, 4) is 0 Å². The Balaban J connectivity index is 2.00. The molecule has 0 radical (unpaired) electrons. The molecule has 7 heteroatoms. The summed E-state index contributed by atoms with van der Waals surface area (Å²) < 4.78 is 23.1. The molecule has 1 fully saturated rings. The predicted octanol–water partition coefficient (Wildman–Crippen LogP) is 1.21. The van der Waals surface area contributed by atoms with E-state index in [9.17, 15) is 13.2 Å². The first-order valence-corrected chi connectivity index (χ1v) is 8.89. The maximum absolute atomic E-state index is 12.2. The lowest BCUT2D eigenvalue weighted by Crippen LogP contribution is -2.46. The second-order valence-electron chi connectivity index (χ2n) is 5.72. The molecule has 6 nitrogen and oxygen atoms in total. The molecule has 1 aromatic heterocycles. The molecule has 0 bridgehead atoms. The standard InChI is InChI=1S/C14H21N3O3S/c1-3-7-15-12-5-4-11(9-16-12)13(18)17-14(2)6-8-21(19,20)10-14/h4-5,9H,3,6-8,10H2,1-2H3,(H,15,16)(H,17,18). The lowest BCUT2D eigenvalue weighted by molar-refractivity contribution is 0.0915. The monoisotopic (exact) mass is 311 g/mol. The molecule has 1 aliphatic rings. The highest BCUT2D eigenvalue weighted by Crippen LogP contribution is 2.23. The average Bonchev–Trinajstić information content (AvgIpc) is 2.70. The Morgan fingerprint density at radius 1 is 1.43 bits per heavy atom. The van der Waals surface area contributed by atoms with Gasteiger partial charge in [0, 0.05) is 12.7 Å². The molecular weight excluding hydrogens is 290 g/mol. The fourth-order valence-corrected chi connectivity index (χ4v) is 4.43. The Kier molecular flexibility index (Phi) is 4.51. The molecule has 0 aliphatic carbocycles. The van der Waals surface area contributed by atoms with Gasteiger partial charge in [0.2, 0.25) is 0 Å². The van der Waals surface area contributed by atoms with Crippen molar-refractivity contribution in [1.82, 2.24) is 10.3 Å². The number of anilines is 1. The summed E-state index contributed by atoms with van der Waals surface area (Å²) in [4.78, 5) is 16.3. The molecule has 116 valence electrons. The SMILES string of the molecule is CCCNc1ccc(C(=O)NC2(C)CCS(=O)(=O)C2)cn1. The van der Waals surface area contributed by atoms with Crippen LogP contribution in [0.2, 0.25) is 0 Å². The Morgan fingerprint density at radius 3 is 2.71 bits per heavy atom. The summed E-state index contributed by atoms with van der Waals surface area (Å²) in [7, 11) is -3.04. The number of nitrogens with one attached hydrogen (secondary N) is 2. The van der Waals surface area contributed by atoms with E-state index in [4.69, 9.17) is 0 Å². The van der Waals surface area contributed by atoms with Crippen molar-refractivity contribution in [2.45, 2.75) is 32.2 Å². The van der Waals surface area contributed by atoms with Crippen molar-refractivity contribution >= 4 is 21.6 Å². The highest BCUT2D eigenvalue weighted by atomic mass is 32.2. The van der Waals surface area contributed by atoms with Gasteiger partial charge in [0.05, 0.1) is 22.6 Å². The number of sulfone groups is 1. The summed E-state index contributed by atoms with van der Waals surface area (Å²) in [5.74, 6) is 0.559. The zero-order valence-corrected chi connectivity index (χ0v) is 13.2. The molecule has 1 aromatic rings. The first-order valence-electron chi connectivity index (χ1n) is 7.06. The zero-order valence-electron chi connectivity index (χ0n) is 12.3. The maximum Gasteiger partial charge on any atom is 0.253 e. The summed E-state index contributed by atoms with van der Waals surface area (Å²) >= 11 is 0. The first-order chi connectivity index (χ1) is 9.84. The number of aromatic nitrogens is 1. The molecule has 2 rings (SSSR count). The maximum atomic E-state index is 12.2. The molecule has 1 saturated heterocycles. The van der Waals surface area contributed by atoms with Gasteiger partial charge in [-0.15, -0.1) is 0 Å². The van der Waals surface area contributed by atoms with Gasteiger partial charge in [0.15, 0.2) is 9.84 Å². The molecule has 2 N–H and O–H groups in total. The topological polar surface area (TPSA) is 88.2 Å². The van der Waals surface area contributed by atoms with Crippen LogP contribution in [0, 0.1) is 0 Å². The van der Waals surface area contributed by atoms with Crippen LogP contribution in [0.4, 0.5) is 5.82 Å². The number of rotatable bonds is 5. The van der Waals surface area contributed by atoms with Crippen LogP contribution in [0.25, 0.3) is 0 Å². The molecule has 1 amide bonds. The zero-order chi connectivity index (χ0) is 15.5. The van der Waals surface area contributed by atoms with Gasteiger partial charge in [-0.05, 0) is 31.9 Å². The van der Waals surface area contributed by atoms with Crippen LogP contribution in [0.5, 0.6) is 0 Å². The molecule has 0 aromatic carbocycles. The molecule has 1 unspecified atom stereocenters. The van der Waals surface area contributed by atoms with Crippen molar-refractivity contribution in [2.75, 3.05) is 23.4 Å². The number of hydrogen-bond donors (Lipinski definition) is 2. The molecule has 1 atom stereocenters. The van der Waals surface area contributed by atoms with Gasteiger partial charge in [-0.3, -0.25) is 4.79 Å². The van der Waals surface area contributed by atoms with Gasteiger partial charge in [-0.25, -0.2) is 13.4 Å². The minimum atomic E-state index is -3.04. The molecule has 21 heavy (non-hydrogen) atoms. The highest BCUT2D eigenvalue weighted by molar-refractivity contribution is 7.91. The van der Waals surface area contributed by atoms with Gasteiger partial charge in [0.25, 0.3) is 5.91 Å². The third-order valence-electron chi connectivity index (χ3n) is 3.50. The van der Waals surface area contributed by atoms with Crippen LogP contribution >= 0.6 is 0 Å². The van der Waals surface area contributed by atoms with Crippen molar-refractivity contribution in [2.24, 2.45) is 0 Å². The summed E-state index contributed by atoms with van der Waals surface area (Å²) in [5, 5.41) is 5.94. The third kappa shape index (κ3) is 4.17. The Morgan fingerprint density at radius 2 is 2.19 bits per heavy atom. The Bertz CT molecular complexity index is 613. The summed E-state index contributed by atoms with van der Waals surface area (Å²) in [6.07, 6.45) is 2.95. The number of amides is 1. The van der Waals surface area contributed by atoms with E-state index in [-0.39, 0.29) is 17.4 Å². The summed E-state index contributed by atoms with van der Waals surface area (Å²) in [6.45, 7) is 4.65. The Hall–Kier alpha value is -1.63. The minimum Gasteiger partial charge on any atom is -0.370 e. The number of nitrogens with zero attached hydrogens (tertiary/aromatic N) is 1. The van der Waals surface area contributed by atoms with E-state index in [1.807, 2.05) is 0 Å². The number of carbonyl (C=O) groups excluding carboxylic acids is 1. The number of pyridine rings is 1. The fraction of sp³-hybridized carbons (Fsp3) is 0.571. The fourth-order valence-electron chi connectivity index (χ4n) is 2.34. The van der Waals surface area contributed by atoms with E-state index in [1.165, 1.54) is 6.20 Å². The third-order valence-corrected chi connectivity index (χ3v) is 5.40. The molecule has 0 spiro atoms. The van der Waals surface area contributed by atoms with Gasteiger partial charge in [-0.2, -0.15) is 0 Å². The van der Waals surface area contributed by atoms with Crippen LogP contribution in [0.15, 0.2) is 18.3 Å². The van der Waals surface area contributed by atoms with E-state index in [0.717, 1.165) is 18.8 Å². The van der Waals surface area contributed by atoms with Crippen LogP contribution in [-0.4, -0.2) is 42.9 Å². The van der Waals surface area contributed by atoms with Crippen molar-refractivity contribution in [3.63, 3.8) is 0 Å². The van der Waals surface area contributed by atoms with Crippen LogP contribution in [0.3, 0.4) is 0 Å². The van der Waals surface area contributed by atoms with Crippen LogP contribution in [-0.2, 0) is 9.84 Å². The van der Waals surface area contributed by atoms with Crippen molar-refractivity contribution in [3.05, 3.63) is 23.9 Å². The summed E-state index contributed by atoms with van der Waals surface area (Å²) in [6, 6.07) is 3.44. The van der Waals surface area contributed by atoms with Gasteiger partial charge < -0.3 is 10.6 Å². The molecular formula is C14H21N3O3S. The normalized spacial score (nSPS) is 23.7. The second-order valence-corrected chi connectivity index (χ2v) is 7.90. The van der Waals surface area contributed by atoms with Crippen molar-refractivity contribution in [1.29, 1.82) is 0 Å². The lowest BCUT2D eigenvalue weighted by atomic mass is 10.0. The van der Waals surface area contributed by atoms with E-state index in [1.54, 1.807) is 19.1 Å².